The van der Waals surface area contributed by atoms with Crippen molar-refractivity contribution < 1.29 is 33.0 Å². The molecule has 7 aromatic carbocycles. The van der Waals surface area contributed by atoms with E-state index < -0.39 is 18.6 Å². The van der Waals surface area contributed by atoms with Crippen LogP contribution in [-0.2, 0) is 26.5 Å². The molecule has 0 saturated carbocycles. The number of para-hydroxylation sites is 1. The summed E-state index contributed by atoms with van der Waals surface area (Å²) < 4.78 is 47.2. The van der Waals surface area contributed by atoms with Crippen molar-refractivity contribution in [3.8, 4) is 78.6 Å². The van der Waals surface area contributed by atoms with Crippen LogP contribution in [0.4, 0.5) is 0 Å². The number of benzene rings is 7. The average Bonchev–Trinajstić information content (AvgIpc) is 3.75. The Labute approximate surface area is 438 Å². The average molecular weight is 1110 g/mol. The van der Waals surface area contributed by atoms with Gasteiger partial charge in [-0.15, -0.1) is 23.8 Å². The van der Waals surface area contributed by atoms with E-state index in [0.717, 1.165) is 72.5 Å². The molecule has 0 radical (unpaired) electrons. The number of imidazole rings is 1. The first kappa shape index (κ1) is 43.7. The maximum atomic E-state index is 12.4. The molecule has 2 aromatic heterocycles. The van der Waals surface area contributed by atoms with Crippen LogP contribution >= 0.6 is 0 Å². The van der Waals surface area contributed by atoms with Crippen LogP contribution in [0, 0.1) is 12.9 Å². The van der Waals surface area contributed by atoms with Gasteiger partial charge in [0.2, 0.25) is 0 Å². The van der Waals surface area contributed by atoms with Gasteiger partial charge in [-0.25, -0.2) is 4.98 Å². The maximum Gasteiger partial charge on any atom is 0.148 e. The van der Waals surface area contributed by atoms with E-state index in [1.807, 2.05) is 117 Å². The molecule has 0 fully saturated rings. The van der Waals surface area contributed by atoms with Crippen LogP contribution in [0.3, 0.4) is 0 Å². The van der Waals surface area contributed by atoms with Gasteiger partial charge < -0.3 is 5.11 Å². The van der Waals surface area contributed by atoms with Gasteiger partial charge in [0.25, 0.3) is 0 Å². The zero-order chi connectivity index (χ0) is 53.2. The minimum Gasteiger partial charge on any atom is -0.507 e. The quantitative estimate of drug-likeness (QED) is 0.131. The molecule has 0 spiro atoms. The topological polar surface area (TPSA) is 50.9 Å². The predicted molar refractivity (Wildman–Crippen MR) is 292 cm³/mol. The number of phenolic OH excluding ortho intramolecular Hbond substituents is 1. The smallest absolute Gasteiger partial charge is 0.148 e. The SMILES string of the molecule is [2H]C([2H])([2H])c1cc(-c2cc(C([2H])(C)C)cc(C([2H])(C)C)c2)ccc1-n1c(-c2cc(C(C)C)cc(C(C)C)c2O)nc2c(-c3[c-]c(-c4cc(-c5ccc(C(C)(C)C)cc5)ccn4)cc(-c4ccccc4)c3)cccc21.[Pt]. The molecule has 5 heteroatoms. The molecule has 0 aliphatic carbocycles. The number of pyridine rings is 1. The fourth-order valence-electron chi connectivity index (χ4n) is 9.22. The second kappa shape index (κ2) is 20.2. The third-order valence-corrected chi connectivity index (χ3v) is 13.4. The molecule has 2 heterocycles. The number of fused-ring (bicyclic) bond motifs is 1. The van der Waals surface area contributed by atoms with Gasteiger partial charge in [0.05, 0.1) is 22.3 Å². The molecule has 70 heavy (non-hydrogen) atoms. The molecule has 1 N–H and O–H groups in total. The summed E-state index contributed by atoms with van der Waals surface area (Å²) in [5.41, 5.74) is 15.3. The monoisotopic (exact) mass is 1100 g/mol. The fourth-order valence-corrected chi connectivity index (χ4v) is 9.22. The van der Waals surface area contributed by atoms with E-state index in [1.165, 1.54) is 5.56 Å². The summed E-state index contributed by atoms with van der Waals surface area (Å²) in [6.45, 7) is 19.7. The third-order valence-electron chi connectivity index (χ3n) is 13.4. The summed E-state index contributed by atoms with van der Waals surface area (Å²) >= 11 is 0. The Balaban J connectivity index is 0.00000747. The summed E-state index contributed by atoms with van der Waals surface area (Å²) in [6, 6.07) is 52.3. The Bertz CT molecular complexity index is 3520. The molecule has 0 unspecified atom stereocenters. The summed E-state index contributed by atoms with van der Waals surface area (Å²) in [4.78, 5) is 10.4. The van der Waals surface area contributed by atoms with Crippen molar-refractivity contribution in [3.05, 3.63) is 191 Å². The Morgan fingerprint density at radius 3 is 1.87 bits per heavy atom. The molecule has 9 rings (SSSR count). The van der Waals surface area contributed by atoms with Gasteiger partial charge in [0, 0.05) is 39.8 Å². The molecule has 358 valence electrons. The number of hydrogen-bond donors (Lipinski definition) is 1. The van der Waals surface area contributed by atoms with E-state index in [-0.39, 0.29) is 49.6 Å². The van der Waals surface area contributed by atoms with Gasteiger partial charge >= 0.3 is 0 Å². The van der Waals surface area contributed by atoms with Crippen molar-refractivity contribution in [2.24, 2.45) is 0 Å². The number of aromatic hydroxyl groups is 1. The summed E-state index contributed by atoms with van der Waals surface area (Å²) in [5, 5.41) is 12.4. The summed E-state index contributed by atoms with van der Waals surface area (Å²) in [6.07, 6.45) is 1.85. The van der Waals surface area contributed by atoms with Gasteiger partial charge in [-0.3, -0.25) is 9.55 Å². The first-order chi connectivity index (χ1) is 34.8. The van der Waals surface area contributed by atoms with Crippen LogP contribution in [-0.4, -0.2) is 19.6 Å². The molecule has 9 aromatic rings. The number of hydrogen-bond acceptors (Lipinski definition) is 3. The number of nitrogens with zero attached hydrogens (tertiary/aromatic N) is 3. The first-order valence-electron chi connectivity index (χ1n) is 26.7. The molecule has 0 amide bonds. The van der Waals surface area contributed by atoms with Crippen LogP contribution in [0.2, 0.25) is 0 Å². The zero-order valence-corrected chi connectivity index (χ0v) is 44.5. The second-order valence-electron chi connectivity index (χ2n) is 20.6. The minimum absolute atomic E-state index is 0. The third kappa shape index (κ3) is 9.99. The van der Waals surface area contributed by atoms with Crippen LogP contribution in [0.5, 0.6) is 5.75 Å². The molecule has 4 nitrogen and oxygen atoms in total. The van der Waals surface area contributed by atoms with Gasteiger partial charge in [-0.05, 0) is 127 Å². The van der Waals surface area contributed by atoms with E-state index in [4.69, 9.17) is 16.8 Å². The van der Waals surface area contributed by atoms with Crippen molar-refractivity contribution in [1.29, 1.82) is 0 Å². The van der Waals surface area contributed by atoms with Crippen LogP contribution in [0.25, 0.3) is 83.9 Å². The minimum atomic E-state index is -2.60. The first-order valence-corrected chi connectivity index (χ1v) is 24.2. The van der Waals surface area contributed by atoms with Crippen molar-refractivity contribution in [2.45, 2.75) is 112 Å². The van der Waals surface area contributed by atoms with E-state index in [1.54, 1.807) is 6.07 Å². The largest absolute Gasteiger partial charge is 0.507 e. The Morgan fingerprint density at radius 1 is 0.586 bits per heavy atom. The Kier molecular flexibility index (Phi) is 12.6. The molecule has 0 atom stereocenters. The summed E-state index contributed by atoms with van der Waals surface area (Å²) in [5.74, 6) is -1.35. The van der Waals surface area contributed by atoms with E-state index in [2.05, 4.69) is 115 Å². The second-order valence-corrected chi connectivity index (χ2v) is 20.6. The van der Waals surface area contributed by atoms with Gasteiger partial charge in [0.1, 0.15) is 11.6 Å². The molecule has 0 bridgehead atoms. The predicted octanol–water partition coefficient (Wildman–Crippen LogP) is 18.0. The van der Waals surface area contributed by atoms with E-state index in [0.29, 0.717) is 33.7 Å². The number of rotatable bonds is 11. The van der Waals surface area contributed by atoms with Crippen LogP contribution < -0.4 is 0 Å². The van der Waals surface area contributed by atoms with Crippen molar-refractivity contribution in [2.75, 3.05) is 0 Å². The Hall–Kier alpha value is -6.35. The Morgan fingerprint density at radius 2 is 1.23 bits per heavy atom. The van der Waals surface area contributed by atoms with Gasteiger partial charge in [-0.2, -0.15) is 0 Å². The van der Waals surface area contributed by atoms with Crippen molar-refractivity contribution in [3.63, 3.8) is 0 Å². The van der Waals surface area contributed by atoms with Crippen molar-refractivity contribution in [1.82, 2.24) is 14.5 Å². The van der Waals surface area contributed by atoms with E-state index >= 15 is 0 Å². The number of aromatic nitrogens is 3. The van der Waals surface area contributed by atoms with Gasteiger partial charge in [-0.1, -0.05) is 196 Å². The van der Waals surface area contributed by atoms with Crippen LogP contribution in [0.15, 0.2) is 152 Å². The maximum absolute atomic E-state index is 12.4. The standard InChI is InChI=1S/C65H66N3O.Pt/c1-39(2)48-30-49(40(3)4)32-52(31-48)46-23-26-60(43(9)29-46)68-61-20-16-19-56(62(61)67-64(68)58-37-50(41(5)6)36-57(42(7)8)63(58)69)53-33-51(44-17-14-13-15-18-44)34-54(35-53)59-38-47(27-28-66-59)45-21-24-55(25-22-45)65(10,11)12;/h13-34,36-42,69H,1-12H3;/q-1;/i9D3,39D,40D;. The molecular weight excluding hydrogens is 1030 g/mol. The van der Waals surface area contributed by atoms with Gasteiger partial charge in [0.15, 0.2) is 0 Å². The molecule has 0 saturated heterocycles. The fraction of sp³-hybridized carbons (Fsp3) is 0.262. The number of aryl methyl sites for hydroxylation is 1. The summed E-state index contributed by atoms with van der Waals surface area (Å²) in [7, 11) is 0. The van der Waals surface area contributed by atoms with E-state index in [9.17, 15) is 5.11 Å². The molecule has 0 aliphatic rings. The molecular formula is C65H66N3OPt-. The number of phenols is 1. The van der Waals surface area contributed by atoms with Crippen molar-refractivity contribution >= 4 is 11.0 Å². The zero-order valence-electron chi connectivity index (χ0n) is 47.2. The van der Waals surface area contributed by atoms with Crippen LogP contribution in [0.1, 0.15) is 140 Å². The normalized spacial score (nSPS) is 13.4. The molecule has 0 aliphatic heterocycles.